The molecule has 156 valence electrons. The zero-order chi connectivity index (χ0) is 21.8. The Kier molecular flexibility index (Phi) is 5.67. The quantitative estimate of drug-likeness (QED) is 0.578. The lowest BCUT2D eigenvalue weighted by Crippen LogP contribution is -2.21. The molecule has 1 heterocycles. The van der Waals surface area contributed by atoms with Gasteiger partial charge in [0, 0.05) is 17.3 Å². The van der Waals surface area contributed by atoms with E-state index in [1.54, 1.807) is 12.1 Å². The fraction of sp³-hybridized carbons (Fsp3) is 0.160. The van der Waals surface area contributed by atoms with Gasteiger partial charge in [0.1, 0.15) is 24.0 Å². The second kappa shape index (κ2) is 8.72. The van der Waals surface area contributed by atoms with Crippen molar-refractivity contribution in [2.45, 2.75) is 19.4 Å². The average molecular weight is 413 g/mol. The first kappa shape index (κ1) is 20.2. The fourth-order valence-electron chi connectivity index (χ4n) is 3.64. The Hall–Kier alpha value is -4.11. The van der Waals surface area contributed by atoms with Crippen LogP contribution < -0.4 is 25.7 Å². The van der Waals surface area contributed by atoms with Crippen molar-refractivity contribution < 1.29 is 14.2 Å². The van der Waals surface area contributed by atoms with Crippen molar-refractivity contribution in [2.24, 2.45) is 5.73 Å². The molecule has 0 aliphatic carbocycles. The molecule has 1 unspecified atom stereocenters. The number of nitriles is 1. The summed E-state index contributed by atoms with van der Waals surface area (Å²) in [5.74, 6) is 1.47. The molecule has 0 bridgehead atoms. The SMILES string of the molecule is CCOc1cc(C2C(C#N)=C(N)Oc3cc(N)ccc32)ccc1OCc1ccccc1. The van der Waals surface area contributed by atoms with Crippen LogP contribution in [0.2, 0.25) is 0 Å². The van der Waals surface area contributed by atoms with Gasteiger partial charge in [0.25, 0.3) is 0 Å². The van der Waals surface area contributed by atoms with Crippen molar-refractivity contribution in [1.29, 1.82) is 5.26 Å². The highest BCUT2D eigenvalue weighted by Crippen LogP contribution is 2.44. The van der Waals surface area contributed by atoms with Crippen LogP contribution in [0.4, 0.5) is 5.69 Å². The highest BCUT2D eigenvalue weighted by atomic mass is 16.5. The van der Waals surface area contributed by atoms with E-state index in [-0.39, 0.29) is 5.88 Å². The van der Waals surface area contributed by atoms with Crippen LogP contribution in [-0.4, -0.2) is 6.61 Å². The number of rotatable bonds is 6. The smallest absolute Gasteiger partial charge is 0.205 e. The number of ether oxygens (including phenoxy) is 3. The van der Waals surface area contributed by atoms with Gasteiger partial charge in [-0.25, -0.2) is 0 Å². The van der Waals surface area contributed by atoms with Crippen LogP contribution in [0.25, 0.3) is 0 Å². The van der Waals surface area contributed by atoms with E-state index in [2.05, 4.69) is 6.07 Å². The van der Waals surface area contributed by atoms with Crippen molar-refractivity contribution in [2.75, 3.05) is 12.3 Å². The van der Waals surface area contributed by atoms with Gasteiger partial charge in [0.05, 0.1) is 12.5 Å². The molecule has 0 spiro atoms. The van der Waals surface area contributed by atoms with Crippen LogP contribution >= 0.6 is 0 Å². The van der Waals surface area contributed by atoms with Crippen molar-refractivity contribution >= 4 is 5.69 Å². The van der Waals surface area contributed by atoms with E-state index in [1.165, 1.54) is 0 Å². The molecule has 4 N–H and O–H groups in total. The number of hydrogen-bond acceptors (Lipinski definition) is 6. The van der Waals surface area contributed by atoms with Gasteiger partial charge in [-0.3, -0.25) is 0 Å². The predicted octanol–water partition coefficient (Wildman–Crippen LogP) is 4.46. The average Bonchev–Trinajstić information content (AvgIpc) is 2.78. The Balaban J connectivity index is 1.72. The van der Waals surface area contributed by atoms with Crippen LogP contribution in [0, 0.1) is 11.3 Å². The van der Waals surface area contributed by atoms with Crippen LogP contribution in [0.1, 0.15) is 29.5 Å². The predicted molar refractivity (Wildman–Crippen MR) is 119 cm³/mol. The third-order valence-electron chi connectivity index (χ3n) is 5.08. The van der Waals surface area contributed by atoms with Gasteiger partial charge in [-0.2, -0.15) is 5.26 Å². The molecule has 4 rings (SSSR count). The second-order valence-electron chi connectivity index (χ2n) is 7.14. The van der Waals surface area contributed by atoms with Gasteiger partial charge in [0.2, 0.25) is 5.88 Å². The molecule has 0 radical (unpaired) electrons. The van der Waals surface area contributed by atoms with E-state index in [4.69, 9.17) is 25.7 Å². The topological polar surface area (TPSA) is 104 Å². The maximum atomic E-state index is 9.76. The zero-order valence-corrected chi connectivity index (χ0v) is 17.2. The molecule has 3 aromatic carbocycles. The highest BCUT2D eigenvalue weighted by Gasteiger charge is 2.31. The fourth-order valence-corrected chi connectivity index (χ4v) is 3.64. The lowest BCUT2D eigenvalue weighted by molar-refractivity contribution is 0.269. The molecule has 1 aliphatic heterocycles. The monoisotopic (exact) mass is 413 g/mol. The van der Waals surface area contributed by atoms with E-state index >= 15 is 0 Å². The molecule has 6 nitrogen and oxygen atoms in total. The zero-order valence-electron chi connectivity index (χ0n) is 17.2. The number of nitrogens with two attached hydrogens (primary N) is 2. The molecule has 3 aromatic rings. The Bertz CT molecular complexity index is 1170. The molecular formula is C25H23N3O3. The van der Waals surface area contributed by atoms with Crippen LogP contribution in [0.3, 0.4) is 0 Å². The molecule has 0 saturated carbocycles. The Morgan fingerprint density at radius 2 is 1.77 bits per heavy atom. The summed E-state index contributed by atoms with van der Waals surface area (Å²) in [6.45, 7) is 2.82. The maximum absolute atomic E-state index is 9.76. The summed E-state index contributed by atoms with van der Waals surface area (Å²) >= 11 is 0. The minimum absolute atomic E-state index is 0.0768. The van der Waals surface area contributed by atoms with E-state index < -0.39 is 5.92 Å². The number of allylic oxidation sites excluding steroid dienone is 1. The number of fused-ring (bicyclic) bond motifs is 1. The number of hydrogen-bond donors (Lipinski definition) is 2. The molecule has 31 heavy (non-hydrogen) atoms. The molecule has 1 atom stereocenters. The van der Waals surface area contributed by atoms with Gasteiger partial charge in [-0.15, -0.1) is 0 Å². The standard InChI is InChI=1S/C25H23N3O3/c1-2-29-23-12-17(8-11-21(23)30-15-16-6-4-3-5-7-16)24-19-10-9-18(27)13-22(19)31-25(28)20(24)14-26/h3-13,24H,2,15,27-28H2,1H3. The maximum Gasteiger partial charge on any atom is 0.205 e. The number of anilines is 1. The number of benzene rings is 3. The number of nitrogen functional groups attached to an aromatic ring is 1. The molecule has 6 heteroatoms. The number of nitrogens with zero attached hydrogens (tertiary/aromatic N) is 1. The van der Waals surface area contributed by atoms with Gasteiger partial charge < -0.3 is 25.7 Å². The summed E-state index contributed by atoms with van der Waals surface area (Å²) in [4.78, 5) is 0. The third kappa shape index (κ3) is 4.12. The third-order valence-corrected chi connectivity index (χ3v) is 5.08. The first-order valence-electron chi connectivity index (χ1n) is 10.0. The van der Waals surface area contributed by atoms with Crippen LogP contribution in [0.5, 0.6) is 17.2 Å². The van der Waals surface area contributed by atoms with Crippen molar-refractivity contribution in [3.8, 4) is 23.3 Å². The minimum atomic E-state index is -0.392. The lowest BCUT2D eigenvalue weighted by Gasteiger charge is -2.27. The first-order chi connectivity index (χ1) is 15.1. The Morgan fingerprint density at radius 1 is 0.968 bits per heavy atom. The summed E-state index contributed by atoms with van der Waals surface area (Å²) in [5.41, 5.74) is 15.6. The molecular weight excluding hydrogens is 390 g/mol. The molecule has 0 fully saturated rings. The normalized spacial score (nSPS) is 14.9. The summed E-state index contributed by atoms with van der Waals surface area (Å²) in [7, 11) is 0. The van der Waals surface area contributed by atoms with E-state index in [0.29, 0.717) is 41.7 Å². The molecule has 0 amide bonds. The highest BCUT2D eigenvalue weighted by molar-refractivity contribution is 5.60. The summed E-state index contributed by atoms with van der Waals surface area (Å²) in [5, 5.41) is 9.76. The van der Waals surface area contributed by atoms with E-state index in [9.17, 15) is 5.26 Å². The Labute approximate surface area is 181 Å². The first-order valence-corrected chi connectivity index (χ1v) is 10.0. The minimum Gasteiger partial charge on any atom is -0.490 e. The summed E-state index contributed by atoms with van der Waals surface area (Å²) in [6, 6.07) is 23.2. The molecule has 0 saturated heterocycles. The lowest BCUT2D eigenvalue weighted by atomic mass is 9.83. The van der Waals surface area contributed by atoms with E-state index in [1.807, 2.05) is 61.5 Å². The van der Waals surface area contributed by atoms with Gasteiger partial charge >= 0.3 is 0 Å². The van der Waals surface area contributed by atoms with Crippen LogP contribution in [0.15, 0.2) is 78.2 Å². The van der Waals surface area contributed by atoms with Gasteiger partial charge in [-0.05, 0) is 36.2 Å². The van der Waals surface area contributed by atoms with Crippen LogP contribution in [-0.2, 0) is 6.61 Å². The van der Waals surface area contributed by atoms with E-state index in [0.717, 1.165) is 16.7 Å². The summed E-state index contributed by atoms with van der Waals surface area (Å²) < 4.78 is 17.5. The Morgan fingerprint density at radius 3 is 2.52 bits per heavy atom. The van der Waals surface area contributed by atoms with Gasteiger partial charge in [-0.1, -0.05) is 42.5 Å². The second-order valence-corrected chi connectivity index (χ2v) is 7.14. The molecule has 1 aliphatic rings. The van der Waals surface area contributed by atoms with Crippen molar-refractivity contribution in [3.63, 3.8) is 0 Å². The van der Waals surface area contributed by atoms with Crippen molar-refractivity contribution in [1.82, 2.24) is 0 Å². The van der Waals surface area contributed by atoms with Crippen molar-refractivity contribution in [3.05, 3.63) is 94.9 Å². The largest absolute Gasteiger partial charge is 0.490 e. The summed E-state index contributed by atoms with van der Waals surface area (Å²) in [6.07, 6.45) is 0. The molecule has 0 aromatic heterocycles. The van der Waals surface area contributed by atoms with Gasteiger partial charge in [0.15, 0.2) is 11.5 Å².